The monoisotopic (exact) mass is 337 g/mol. The summed E-state index contributed by atoms with van der Waals surface area (Å²) in [4.78, 5) is 41.6. The second-order valence-corrected chi connectivity index (χ2v) is 6.76. The Morgan fingerprint density at radius 3 is 2.52 bits per heavy atom. The number of aromatic nitrogens is 1. The van der Waals surface area contributed by atoms with Crippen molar-refractivity contribution in [2.24, 2.45) is 0 Å². The summed E-state index contributed by atoms with van der Waals surface area (Å²) >= 11 is 0. The molecule has 3 heterocycles. The van der Waals surface area contributed by atoms with Gasteiger partial charge in [0.2, 0.25) is 5.91 Å². The smallest absolute Gasteiger partial charge is 0.260 e. The predicted octanol–water partition coefficient (Wildman–Crippen LogP) is 1.81. The first-order chi connectivity index (χ1) is 12.0. The summed E-state index contributed by atoms with van der Waals surface area (Å²) in [7, 11) is 0. The number of carbonyl (C=O) groups excluding carboxylic acids is 2. The summed E-state index contributed by atoms with van der Waals surface area (Å²) in [6.07, 6.45) is 1.12. The first kappa shape index (κ1) is 15.6. The highest BCUT2D eigenvalue weighted by Gasteiger charge is 2.48. The molecule has 2 N–H and O–H groups in total. The predicted molar refractivity (Wildman–Crippen MR) is 93.7 cm³/mol. The highest BCUT2D eigenvalue weighted by Crippen LogP contribution is 2.44. The average molecular weight is 337 g/mol. The lowest BCUT2D eigenvalue weighted by Gasteiger charge is -2.37. The van der Waals surface area contributed by atoms with Gasteiger partial charge in [-0.05, 0) is 43.5 Å². The molecule has 25 heavy (non-hydrogen) atoms. The third kappa shape index (κ3) is 2.36. The van der Waals surface area contributed by atoms with Gasteiger partial charge in [-0.2, -0.15) is 0 Å². The van der Waals surface area contributed by atoms with E-state index in [4.69, 9.17) is 0 Å². The van der Waals surface area contributed by atoms with Gasteiger partial charge in [0.05, 0.1) is 5.41 Å². The fraction of sp³-hybridized carbons (Fsp3) is 0.316. The highest BCUT2D eigenvalue weighted by atomic mass is 16.2. The van der Waals surface area contributed by atoms with Crippen LogP contribution in [0.2, 0.25) is 0 Å². The average Bonchev–Trinajstić information content (AvgIpc) is 2.87. The van der Waals surface area contributed by atoms with E-state index in [1.165, 1.54) is 0 Å². The van der Waals surface area contributed by atoms with E-state index in [0.29, 0.717) is 25.9 Å². The molecule has 1 aromatic heterocycles. The van der Waals surface area contributed by atoms with Crippen molar-refractivity contribution in [1.29, 1.82) is 0 Å². The lowest BCUT2D eigenvalue weighted by molar-refractivity contribution is -0.122. The minimum atomic E-state index is -0.562. The Hall–Kier alpha value is -2.89. The summed E-state index contributed by atoms with van der Waals surface area (Å²) in [5, 5.41) is 2.95. The standard InChI is InChI=1S/C19H19N3O3/c1-12-6-7-13(16(23)20-12)17(24)22-10-8-19(9-11-22)14-4-2-3-5-15(14)21-18(19)25/h2-7H,8-11H2,1H3,(H,20,23)(H,21,25). The molecule has 0 aliphatic carbocycles. The molecule has 2 aromatic rings. The van der Waals surface area contributed by atoms with E-state index in [9.17, 15) is 14.4 Å². The molecule has 0 atom stereocenters. The van der Waals surface area contributed by atoms with Gasteiger partial charge in [-0.3, -0.25) is 14.4 Å². The van der Waals surface area contributed by atoms with Gasteiger partial charge in [-0.1, -0.05) is 18.2 Å². The van der Waals surface area contributed by atoms with Crippen molar-refractivity contribution in [3.05, 3.63) is 63.6 Å². The number of likely N-dealkylation sites (tertiary alicyclic amines) is 1. The van der Waals surface area contributed by atoms with Gasteiger partial charge in [0, 0.05) is 24.5 Å². The first-order valence-electron chi connectivity index (χ1n) is 8.41. The lowest BCUT2D eigenvalue weighted by atomic mass is 9.73. The van der Waals surface area contributed by atoms with Gasteiger partial charge in [-0.15, -0.1) is 0 Å². The topological polar surface area (TPSA) is 82.3 Å². The van der Waals surface area contributed by atoms with Gasteiger partial charge < -0.3 is 15.2 Å². The maximum absolute atomic E-state index is 12.7. The lowest BCUT2D eigenvalue weighted by Crippen LogP contribution is -2.49. The Bertz CT molecular complexity index is 924. The molecule has 0 unspecified atom stereocenters. The molecule has 2 aliphatic heterocycles. The number of amides is 2. The molecule has 128 valence electrons. The summed E-state index contributed by atoms with van der Waals surface area (Å²) in [6, 6.07) is 11.0. The number of hydrogen-bond donors (Lipinski definition) is 2. The van der Waals surface area contributed by atoms with Gasteiger partial charge in [0.25, 0.3) is 11.5 Å². The van der Waals surface area contributed by atoms with Crippen molar-refractivity contribution < 1.29 is 9.59 Å². The van der Waals surface area contributed by atoms with Crippen molar-refractivity contribution in [2.45, 2.75) is 25.2 Å². The molecule has 1 saturated heterocycles. The zero-order valence-electron chi connectivity index (χ0n) is 14.0. The molecular formula is C19H19N3O3. The number of benzene rings is 1. The van der Waals surface area contributed by atoms with E-state index in [0.717, 1.165) is 16.9 Å². The molecule has 0 radical (unpaired) electrons. The molecule has 1 aromatic carbocycles. The molecule has 1 spiro atoms. The molecular weight excluding hydrogens is 318 g/mol. The zero-order chi connectivity index (χ0) is 17.6. The van der Waals surface area contributed by atoms with Crippen LogP contribution in [0.5, 0.6) is 0 Å². The van der Waals surface area contributed by atoms with E-state index in [2.05, 4.69) is 10.3 Å². The normalized spacial score (nSPS) is 18.1. The quantitative estimate of drug-likeness (QED) is 0.832. The summed E-state index contributed by atoms with van der Waals surface area (Å²) in [5.41, 5.74) is 1.82. The van der Waals surface area contributed by atoms with Crippen molar-refractivity contribution >= 4 is 17.5 Å². The number of nitrogens with one attached hydrogen (secondary N) is 2. The minimum absolute atomic E-state index is 0.00832. The fourth-order valence-corrected chi connectivity index (χ4v) is 3.87. The zero-order valence-corrected chi connectivity index (χ0v) is 14.0. The number of hydrogen-bond acceptors (Lipinski definition) is 3. The van der Waals surface area contributed by atoms with Crippen molar-refractivity contribution in [3.8, 4) is 0 Å². The highest BCUT2D eigenvalue weighted by molar-refractivity contribution is 6.06. The van der Waals surface area contributed by atoms with E-state index < -0.39 is 5.41 Å². The number of aryl methyl sites for hydroxylation is 1. The van der Waals surface area contributed by atoms with Crippen molar-refractivity contribution in [2.75, 3.05) is 18.4 Å². The Morgan fingerprint density at radius 2 is 1.80 bits per heavy atom. The number of pyridine rings is 1. The second-order valence-electron chi connectivity index (χ2n) is 6.76. The maximum Gasteiger partial charge on any atom is 0.260 e. The number of H-pyrrole nitrogens is 1. The number of nitrogens with zero attached hydrogens (tertiary/aromatic N) is 1. The van der Waals surface area contributed by atoms with Crippen LogP contribution >= 0.6 is 0 Å². The Labute approximate surface area is 144 Å². The number of piperidine rings is 1. The molecule has 0 bridgehead atoms. The van der Waals surface area contributed by atoms with Crippen LogP contribution in [0.3, 0.4) is 0 Å². The summed E-state index contributed by atoms with van der Waals surface area (Å²) in [5.74, 6) is -0.267. The number of anilines is 1. The van der Waals surface area contributed by atoms with Gasteiger partial charge in [0.1, 0.15) is 5.56 Å². The van der Waals surface area contributed by atoms with E-state index >= 15 is 0 Å². The van der Waals surface area contributed by atoms with E-state index in [1.54, 1.807) is 24.0 Å². The van der Waals surface area contributed by atoms with Crippen LogP contribution in [-0.4, -0.2) is 34.8 Å². The van der Waals surface area contributed by atoms with Gasteiger partial charge in [0.15, 0.2) is 0 Å². The molecule has 4 rings (SSSR count). The molecule has 1 fully saturated rings. The number of para-hydroxylation sites is 1. The Balaban J connectivity index is 1.57. The van der Waals surface area contributed by atoms with Crippen LogP contribution in [0.15, 0.2) is 41.2 Å². The maximum atomic E-state index is 12.7. The van der Waals surface area contributed by atoms with Gasteiger partial charge in [-0.25, -0.2) is 0 Å². The Morgan fingerprint density at radius 1 is 1.08 bits per heavy atom. The van der Waals surface area contributed by atoms with E-state index in [1.807, 2.05) is 24.3 Å². The van der Waals surface area contributed by atoms with Crippen LogP contribution in [0.25, 0.3) is 0 Å². The van der Waals surface area contributed by atoms with Crippen LogP contribution in [0, 0.1) is 6.92 Å². The Kier molecular flexibility index (Phi) is 3.49. The van der Waals surface area contributed by atoms with E-state index in [-0.39, 0.29) is 22.9 Å². The molecule has 0 saturated carbocycles. The minimum Gasteiger partial charge on any atom is -0.338 e. The third-order valence-corrected chi connectivity index (χ3v) is 5.32. The van der Waals surface area contributed by atoms with Crippen LogP contribution < -0.4 is 10.9 Å². The van der Waals surface area contributed by atoms with Crippen molar-refractivity contribution in [3.63, 3.8) is 0 Å². The second kappa shape index (κ2) is 5.58. The van der Waals surface area contributed by atoms with Crippen LogP contribution in [0.4, 0.5) is 5.69 Å². The molecule has 6 nitrogen and oxygen atoms in total. The number of aromatic amines is 1. The molecule has 6 heteroatoms. The third-order valence-electron chi connectivity index (χ3n) is 5.32. The fourth-order valence-electron chi connectivity index (χ4n) is 3.87. The number of carbonyl (C=O) groups is 2. The molecule has 2 amide bonds. The van der Waals surface area contributed by atoms with Gasteiger partial charge >= 0.3 is 0 Å². The van der Waals surface area contributed by atoms with Crippen LogP contribution in [0.1, 0.15) is 34.5 Å². The summed E-state index contributed by atoms with van der Waals surface area (Å²) < 4.78 is 0. The van der Waals surface area contributed by atoms with Crippen molar-refractivity contribution in [1.82, 2.24) is 9.88 Å². The van der Waals surface area contributed by atoms with Crippen LogP contribution in [-0.2, 0) is 10.2 Å². The largest absolute Gasteiger partial charge is 0.338 e. The number of rotatable bonds is 1. The SMILES string of the molecule is Cc1ccc(C(=O)N2CCC3(CC2)C(=O)Nc2ccccc23)c(=O)[nH]1. The first-order valence-corrected chi connectivity index (χ1v) is 8.41. The molecule has 2 aliphatic rings. The number of fused-ring (bicyclic) bond motifs is 2. The summed E-state index contributed by atoms with van der Waals surface area (Å²) in [6.45, 7) is 2.68.